The Balaban J connectivity index is 5.12. The van der Waals surface area contributed by atoms with Gasteiger partial charge < -0.3 is 4.90 Å². The van der Waals surface area contributed by atoms with E-state index in [1.54, 1.807) is 0 Å². The van der Waals surface area contributed by atoms with Gasteiger partial charge in [0.15, 0.2) is 0 Å². The van der Waals surface area contributed by atoms with Crippen molar-refractivity contribution >= 4 is 5.91 Å². The molecule has 0 aromatic rings. The zero-order valence-corrected chi connectivity index (χ0v) is 17.1. The molecule has 138 valence electrons. The first-order chi connectivity index (χ1) is 10.8. The van der Waals surface area contributed by atoms with E-state index in [0.29, 0.717) is 24.3 Å². The number of carbonyl (C=O) groups is 1. The summed E-state index contributed by atoms with van der Waals surface area (Å²) in [5.41, 5.74) is 0.0729. The second-order valence-electron chi connectivity index (χ2n) is 8.43. The average molecular weight is 326 g/mol. The van der Waals surface area contributed by atoms with Crippen molar-refractivity contribution in [1.29, 1.82) is 0 Å². The van der Waals surface area contributed by atoms with Crippen molar-refractivity contribution in [2.75, 3.05) is 6.54 Å². The molecule has 0 aliphatic rings. The molecule has 0 aromatic carbocycles. The highest BCUT2D eigenvalue weighted by atomic mass is 16.2. The number of unbranched alkanes of at least 4 members (excludes halogenated alkanes) is 1. The topological polar surface area (TPSA) is 20.3 Å². The van der Waals surface area contributed by atoms with Crippen LogP contribution in [0.5, 0.6) is 0 Å². The second-order valence-corrected chi connectivity index (χ2v) is 8.43. The zero-order chi connectivity index (χ0) is 17.9. The van der Waals surface area contributed by atoms with Gasteiger partial charge in [-0.05, 0) is 30.6 Å². The minimum Gasteiger partial charge on any atom is -0.339 e. The number of hydrogen-bond donors (Lipinski definition) is 0. The minimum atomic E-state index is 0.0729. The van der Waals surface area contributed by atoms with Gasteiger partial charge >= 0.3 is 0 Å². The van der Waals surface area contributed by atoms with Gasteiger partial charge in [0, 0.05) is 19.0 Å². The molecule has 0 N–H and O–H groups in total. The smallest absolute Gasteiger partial charge is 0.223 e. The molecule has 0 aliphatic carbocycles. The minimum absolute atomic E-state index is 0.0729. The van der Waals surface area contributed by atoms with Crippen LogP contribution in [0, 0.1) is 11.3 Å². The van der Waals surface area contributed by atoms with Gasteiger partial charge in [0.25, 0.3) is 0 Å². The second kappa shape index (κ2) is 11.9. The normalized spacial score (nSPS) is 13.4. The summed E-state index contributed by atoms with van der Waals surface area (Å²) in [5.74, 6) is 1.04. The monoisotopic (exact) mass is 325 g/mol. The van der Waals surface area contributed by atoms with Gasteiger partial charge in [-0.15, -0.1) is 0 Å². The molecule has 1 atom stereocenters. The largest absolute Gasteiger partial charge is 0.339 e. The SMILES string of the molecule is CCCCC(CC)CN(C(=O)CC(C)(C)C)C(CCC)CCC. The van der Waals surface area contributed by atoms with E-state index in [0.717, 1.165) is 32.2 Å². The first-order valence-corrected chi connectivity index (χ1v) is 10.1. The summed E-state index contributed by atoms with van der Waals surface area (Å²) in [6, 6.07) is 0.440. The maximum absolute atomic E-state index is 13.0. The van der Waals surface area contributed by atoms with E-state index < -0.39 is 0 Å². The zero-order valence-electron chi connectivity index (χ0n) is 17.1. The molecule has 0 saturated heterocycles. The molecular weight excluding hydrogens is 282 g/mol. The molecule has 2 nitrogen and oxygen atoms in total. The Hall–Kier alpha value is -0.530. The van der Waals surface area contributed by atoms with Crippen LogP contribution in [-0.2, 0) is 4.79 Å². The maximum atomic E-state index is 13.0. The first-order valence-electron chi connectivity index (χ1n) is 10.1. The van der Waals surface area contributed by atoms with Crippen LogP contribution in [0.1, 0.15) is 106 Å². The maximum Gasteiger partial charge on any atom is 0.223 e. The Morgan fingerprint density at radius 2 is 1.48 bits per heavy atom. The fraction of sp³-hybridized carbons (Fsp3) is 0.952. The number of nitrogens with zero attached hydrogens (tertiary/aromatic N) is 1. The lowest BCUT2D eigenvalue weighted by atomic mass is 9.90. The number of carbonyl (C=O) groups excluding carboxylic acids is 1. The Morgan fingerprint density at radius 1 is 0.913 bits per heavy atom. The summed E-state index contributed by atoms with van der Waals surface area (Å²) in [6.45, 7) is 16.5. The molecule has 2 heteroatoms. The highest BCUT2D eigenvalue weighted by molar-refractivity contribution is 5.77. The van der Waals surface area contributed by atoms with Gasteiger partial charge in [0.05, 0.1) is 0 Å². The highest BCUT2D eigenvalue weighted by Crippen LogP contribution is 2.25. The Morgan fingerprint density at radius 3 is 1.87 bits per heavy atom. The summed E-state index contributed by atoms with van der Waals surface area (Å²) in [6.07, 6.45) is 10.3. The lowest BCUT2D eigenvalue weighted by Gasteiger charge is -2.36. The first kappa shape index (κ1) is 22.5. The summed E-state index contributed by atoms with van der Waals surface area (Å²) < 4.78 is 0. The Kier molecular flexibility index (Phi) is 11.6. The standard InChI is InChI=1S/C21H43NO/c1-8-12-15-18(11-4)17-22(19(13-9-2)14-10-3)20(23)16-21(5,6)7/h18-19H,8-17H2,1-7H3. The molecule has 0 aliphatic heterocycles. The van der Waals surface area contributed by atoms with E-state index in [4.69, 9.17) is 0 Å². The summed E-state index contributed by atoms with van der Waals surface area (Å²) >= 11 is 0. The van der Waals surface area contributed by atoms with Gasteiger partial charge in [-0.25, -0.2) is 0 Å². The third-order valence-electron chi connectivity index (χ3n) is 4.68. The lowest BCUT2D eigenvalue weighted by molar-refractivity contribution is -0.136. The van der Waals surface area contributed by atoms with Crippen molar-refractivity contribution in [3.05, 3.63) is 0 Å². The van der Waals surface area contributed by atoms with Crippen LogP contribution in [0.25, 0.3) is 0 Å². The van der Waals surface area contributed by atoms with Crippen LogP contribution < -0.4 is 0 Å². The molecule has 0 heterocycles. The summed E-state index contributed by atoms with van der Waals surface area (Å²) in [7, 11) is 0. The number of hydrogen-bond acceptors (Lipinski definition) is 1. The third-order valence-corrected chi connectivity index (χ3v) is 4.68. The predicted molar refractivity (Wildman–Crippen MR) is 103 cm³/mol. The van der Waals surface area contributed by atoms with Crippen LogP contribution >= 0.6 is 0 Å². The van der Waals surface area contributed by atoms with Crippen LogP contribution in [0.3, 0.4) is 0 Å². The van der Waals surface area contributed by atoms with E-state index >= 15 is 0 Å². The van der Waals surface area contributed by atoms with Gasteiger partial charge in [-0.3, -0.25) is 4.79 Å². The van der Waals surface area contributed by atoms with Crippen LogP contribution in [0.2, 0.25) is 0 Å². The van der Waals surface area contributed by atoms with E-state index in [9.17, 15) is 4.79 Å². The van der Waals surface area contributed by atoms with Gasteiger partial charge in [-0.2, -0.15) is 0 Å². The third kappa shape index (κ3) is 10.0. The quantitative estimate of drug-likeness (QED) is 0.404. The molecule has 23 heavy (non-hydrogen) atoms. The predicted octanol–water partition coefficient (Wildman–Crippen LogP) is 6.44. The molecule has 1 unspecified atom stereocenters. The fourth-order valence-electron chi connectivity index (χ4n) is 3.33. The molecule has 0 rings (SSSR count). The number of amides is 1. The fourth-order valence-corrected chi connectivity index (χ4v) is 3.33. The molecule has 0 spiro atoms. The average Bonchev–Trinajstić information content (AvgIpc) is 2.45. The van der Waals surface area contributed by atoms with E-state index in [1.165, 1.54) is 25.7 Å². The van der Waals surface area contributed by atoms with Crippen molar-refractivity contribution in [3.63, 3.8) is 0 Å². The van der Waals surface area contributed by atoms with Gasteiger partial charge in [0.2, 0.25) is 5.91 Å². The Bertz CT molecular complexity index is 299. The molecule has 0 radical (unpaired) electrons. The molecule has 0 saturated carbocycles. The van der Waals surface area contributed by atoms with E-state index in [1.807, 2.05) is 0 Å². The number of rotatable bonds is 12. The van der Waals surface area contributed by atoms with Crippen LogP contribution in [0.4, 0.5) is 0 Å². The van der Waals surface area contributed by atoms with E-state index in [-0.39, 0.29) is 5.41 Å². The van der Waals surface area contributed by atoms with Gasteiger partial charge in [-0.1, -0.05) is 80.6 Å². The van der Waals surface area contributed by atoms with Crippen molar-refractivity contribution in [2.24, 2.45) is 11.3 Å². The van der Waals surface area contributed by atoms with Crippen molar-refractivity contribution in [2.45, 2.75) is 112 Å². The lowest BCUT2D eigenvalue weighted by Crippen LogP contribution is -2.44. The molecule has 1 amide bonds. The molecular formula is C21H43NO. The molecule has 0 bridgehead atoms. The van der Waals surface area contributed by atoms with Gasteiger partial charge in [0.1, 0.15) is 0 Å². The van der Waals surface area contributed by atoms with E-state index in [2.05, 4.69) is 53.4 Å². The summed E-state index contributed by atoms with van der Waals surface area (Å²) in [4.78, 5) is 15.3. The highest BCUT2D eigenvalue weighted by Gasteiger charge is 2.27. The van der Waals surface area contributed by atoms with Crippen molar-refractivity contribution in [1.82, 2.24) is 4.90 Å². The van der Waals surface area contributed by atoms with Crippen molar-refractivity contribution < 1.29 is 4.79 Å². The summed E-state index contributed by atoms with van der Waals surface area (Å²) in [5, 5.41) is 0. The molecule has 0 aromatic heterocycles. The Labute approximate surface area is 146 Å². The molecule has 0 fully saturated rings. The van der Waals surface area contributed by atoms with Crippen LogP contribution in [0.15, 0.2) is 0 Å². The van der Waals surface area contributed by atoms with Crippen molar-refractivity contribution in [3.8, 4) is 0 Å². The van der Waals surface area contributed by atoms with Crippen LogP contribution in [-0.4, -0.2) is 23.4 Å².